The van der Waals surface area contributed by atoms with Gasteiger partial charge in [0.25, 0.3) is 0 Å². The van der Waals surface area contributed by atoms with Crippen molar-refractivity contribution in [2.24, 2.45) is 0 Å². The summed E-state index contributed by atoms with van der Waals surface area (Å²) in [6.45, 7) is 5.14. The molecule has 6 nitrogen and oxygen atoms in total. The summed E-state index contributed by atoms with van der Waals surface area (Å²) in [7, 11) is 0. The van der Waals surface area contributed by atoms with Crippen LogP contribution in [0.5, 0.6) is 11.5 Å². The number of hydrogen-bond donors (Lipinski definition) is 1. The summed E-state index contributed by atoms with van der Waals surface area (Å²) in [6.07, 6.45) is 5.26. The van der Waals surface area contributed by atoms with E-state index in [1.54, 1.807) is 17.0 Å². The standard InChI is InChI=1S/C34H40Cl2N2O4/c1-3-41-31-18-15-25(22-32(31)42-4-2)16-19-33(39)38(23-26-14-17-28(35)29(36)20-26)30(21-24-10-6-5-7-11-24)34(40)37-27-12-8-9-13-27/h5-7,10-11,14-15,17-18,20,22,27,30H,3-4,8-9,12-13,16,19,21,23H2,1-2H3,(H,37,40). The first kappa shape index (κ1) is 31.7. The molecule has 8 heteroatoms. The molecular weight excluding hydrogens is 571 g/mol. The van der Waals surface area contributed by atoms with Gasteiger partial charge in [0.1, 0.15) is 6.04 Å². The third-order valence-electron chi connectivity index (χ3n) is 7.54. The van der Waals surface area contributed by atoms with Gasteiger partial charge in [0, 0.05) is 25.4 Å². The largest absolute Gasteiger partial charge is 0.490 e. The number of hydrogen-bond acceptors (Lipinski definition) is 4. The summed E-state index contributed by atoms with van der Waals surface area (Å²) >= 11 is 12.5. The molecule has 3 aromatic carbocycles. The zero-order chi connectivity index (χ0) is 29.9. The van der Waals surface area contributed by atoms with Crippen molar-refractivity contribution in [2.75, 3.05) is 13.2 Å². The van der Waals surface area contributed by atoms with Crippen molar-refractivity contribution < 1.29 is 19.1 Å². The third-order valence-corrected chi connectivity index (χ3v) is 8.28. The molecule has 0 aromatic heterocycles. The number of amides is 2. The normalized spacial score (nSPS) is 13.9. The lowest BCUT2D eigenvalue weighted by atomic mass is 10.0. The lowest BCUT2D eigenvalue weighted by molar-refractivity contribution is -0.141. The monoisotopic (exact) mass is 610 g/mol. The molecule has 1 aliphatic carbocycles. The number of nitrogens with one attached hydrogen (secondary N) is 1. The lowest BCUT2D eigenvalue weighted by Gasteiger charge is -2.32. The summed E-state index contributed by atoms with van der Waals surface area (Å²) in [5.41, 5.74) is 2.76. The number of halogens is 2. The number of ether oxygens (including phenoxy) is 2. The summed E-state index contributed by atoms with van der Waals surface area (Å²) in [5, 5.41) is 4.10. The Morgan fingerprint density at radius 1 is 0.857 bits per heavy atom. The number of rotatable bonds is 14. The second-order valence-electron chi connectivity index (χ2n) is 10.6. The van der Waals surface area contributed by atoms with Gasteiger partial charge in [-0.2, -0.15) is 0 Å². The molecule has 0 bridgehead atoms. The highest BCUT2D eigenvalue weighted by molar-refractivity contribution is 6.42. The third kappa shape index (κ3) is 8.89. The zero-order valence-corrected chi connectivity index (χ0v) is 25.9. The molecule has 1 fully saturated rings. The molecule has 0 spiro atoms. The predicted octanol–water partition coefficient (Wildman–Crippen LogP) is 7.42. The van der Waals surface area contributed by atoms with Crippen molar-refractivity contribution in [1.82, 2.24) is 10.2 Å². The predicted molar refractivity (Wildman–Crippen MR) is 168 cm³/mol. The number of carbonyl (C=O) groups excluding carboxylic acids is 2. The first-order valence-corrected chi connectivity index (χ1v) is 15.6. The van der Waals surface area contributed by atoms with Crippen LogP contribution in [-0.4, -0.2) is 42.0 Å². The van der Waals surface area contributed by atoms with Crippen LogP contribution in [0.4, 0.5) is 0 Å². The second kappa shape index (κ2) is 15.9. The Balaban J connectivity index is 1.61. The molecule has 3 aromatic rings. The Morgan fingerprint density at radius 2 is 1.55 bits per heavy atom. The minimum absolute atomic E-state index is 0.115. The summed E-state index contributed by atoms with van der Waals surface area (Å²) < 4.78 is 11.5. The second-order valence-corrected chi connectivity index (χ2v) is 11.4. The van der Waals surface area contributed by atoms with Crippen LogP contribution in [0.25, 0.3) is 0 Å². The van der Waals surface area contributed by atoms with Crippen molar-refractivity contribution in [3.8, 4) is 11.5 Å². The van der Waals surface area contributed by atoms with Crippen LogP contribution >= 0.6 is 23.2 Å². The minimum atomic E-state index is -0.686. The van der Waals surface area contributed by atoms with Gasteiger partial charge in [-0.3, -0.25) is 9.59 Å². The molecule has 1 unspecified atom stereocenters. The SMILES string of the molecule is CCOc1ccc(CCC(=O)N(Cc2ccc(Cl)c(Cl)c2)C(Cc2ccccc2)C(=O)NC2CCCC2)cc1OCC. The Morgan fingerprint density at radius 3 is 2.24 bits per heavy atom. The van der Waals surface area contributed by atoms with Crippen LogP contribution < -0.4 is 14.8 Å². The van der Waals surface area contributed by atoms with Gasteiger partial charge >= 0.3 is 0 Å². The zero-order valence-electron chi connectivity index (χ0n) is 24.4. The van der Waals surface area contributed by atoms with E-state index in [4.69, 9.17) is 32.7 Å². The minimum Gasteiger partial charge on any atom is -0.490 e. The van der Waals surface area contributed by atoms with Gasteiger partial charge < -0.3 is 19.7 Å². The number of benzene rings is 3. The molecule has 2 amide bonds. The maximum absolute atomic E-state index is 14.1. The molecule has 0 radical (unpaired) electrons. The Bertz CT molecular complexity index is 1330. The Labute approximate surface area is 259 Å². The van der Waals surface area contributed by atoms with Crippen LogP contribution in [0.15, 0.2) is 66.7 Å². The molecule has 1 atom stereocenters. The molecular formula is C34H40Cl2N2O4. The highest BCUT2D eigenvalue weighted by atomic mass is 35.5. The summed E-state index contributed by atoms with van der Waals surface area (Å²) in [5.74, 6) is 1.10. The van der Waals surface area contributed by atoms with Gasteiger partial charge in [0.2, 0.25) is 11.8 Å². The fourth-order valence-corrected chi connectivity index (χ4v) is 5.72. The van der Waals surface area contributed by atoms with Crippen molar-refractivity contribution in [3.63, 3.8) is 0 Å². The Hall–Kier alpha value is -3.22. The molecule has 0 heterocycles. The molecule has 0 aliphatic heterocycles. The van der Waals surface area contributed by atoms with Crippen molar-refractivity contribution in [1.29, 1.82) is 0 Å². The number of aryl methyl sites for hydroxylation is 1. The highest BCUT2D eigenvalue weighted by Crippen LogP contribution is 2.30. The molecule has 1 saturated carbocycles. The van der Waals surface area contributed by atoms with Gasteiger partial charge in [0.05, 0.1) is 23.3 Å². The maximum atomic E-state index is 14.1. The van der Waals surface area contributed by atoms with Gasteiger partial charge in [0.15, 0.2) is 11.5 Å². The van der Waals surface area contributed by atoms with E-state index in [2.05, 4.69) is 5.32 Å². The topological polar surface area (TPSA) is 67.9 Å². The summed E-state index contributed by atoms with van der Waals surface area (Å²) in [4.78, 5) is 29.6. The number of carbonyl (C=O) groups is 2. The van der Waals surface area contributed by atoms with E-state index in [0.29, 0.717) is 47.6 Å². The average Bonchev–Trinajstić information content (AvgIpc) is 3.50. The van der Waals surface area contributed by atoms with E-state index in [1.807, 2.05) is 68.4 Å². The van der Waals surface area contributed by atoms with Gasteiger partial charge in [-0.05, 0) is 74.1 Å². The van der Waals surface area contributed by atoms with E-state index in [0.717, 1.165) is 42.4 Å². The first-order chi connectivity index (χ1) is 20.4. The van der Waals surface area contributed by atoms with Crippen LogP contribution in [0.2, 0.25) is 10.0 Å². The maximum Gasteiger partial charge on any atom is 0.243 e. The van der Waals surface area contributed by atoms with Gasteiger partial charge in [-0.15, -0.1) is 0 Å². The van der Waals surface area contributed by atoms with E-state index < -0.39 is 6.04 Å². The summed E-state index contributed by atoms with van der Waals surface area (Å²) in [6, 6.07) is 20.4. The van der Waals surface area contributed by atoms with Crippen molar-refractivity contribution in [2.45, 2.75) is 77.4 Å². The quantitative estimate of drug-likeness (QED) is 0.206. The van der Waals surface area contributed by atoms with Crippen LogP contribution in [0, 0.1) is 0 Å². The van der Waals surface area contributed by atoms with Crippen LogP contribution in [0.1, 0.15) is 62.6 Å². The molecule has 1 N–H and O–H groups in total. The van der Waals surface area contributed by atoms with E-state index in [9.17, 15) is 9.59 Å². The number of nitrogens with zero attached hydrogens (tertiary/aromatic N) is 1. The average molecular weight is 612 g/mol. The van der Waals surface area contributed by atoms with Gasteiger partial charge in [-0.1, -0.05) is 78.5 Å². The van der Waals surface area contributed by atoms with E-state index >= 15 is 0 Å². The van der Waals surface area contributed by atoms with Crippen molar-refractivity contribution >= 4 is 35.0 Å². The molecule has 0 saturated heterocycles. The van der Waals surface area contributed by atoms with E-state index in [1.165, 1.54) is 0 Å². The lowest BCUT2D eigenvalue weighted by Crippen LogP contribution is -2.52. The fraction of sp³-hybridized carbons (Fsp3) is 0.412. The fourth-order valence-electron chi connectivity index (χ4n) is 5.40. The molecule has 224 valence electrons. The van der Waals surface area contributed by atoms with E-state index in [-0.39, 0.29) is 30.8 Å². The van der Waals surface area contributed by atoms with Crippen molar-refractivity contribution in [3.05, 3.63) is 93.5 Å². The Kier molecular flexibility index (Phi) is 12.0. The van der Waals surface area contributed by atoms with Crippen LogP contribution in [-0.2, 0) is 29.0 Å². The molecule has 42 heavy (non-hydrogen) atoms. The molecule has 1 aliphatic rings. The highest BCUT2D eigenvalue weighted by Gasteiger charge is 2.32. The van der Waals surface area contributed by atoms with Crippen LogP contribution in [0.3, 0.4) is 0 Å². The molecule has 4 rings (SSSR count). The first-order valence-electron chi connectivity index (χ1n) is 14.8. The van der Waals surface area contributed by atoms with Gasteiger partial charge in [-0.25, -0.2) is 0 Å². The smallest absolute Gasteiger partial charge is 0.243 e.